The van der Waals surface area contributed by atoms with Gasteiger partial charge < -0.3 is 0 Å². The topological polar surface area (TPSA) is 3.24 Å². The first-order chi connectivity index (χ1) is 7.17. The zero-order chi connectivity index (χ0) is 11.7. The Morgan fingerprint density at radius 1 is 0.867 bits per heavy atom. The minimum atomic E-state index is -1.71. The molecule has 0 aliphatic carbocycles. The molecule has 88 valence electrons. The van der Waals surface area contributed by atoms with Crippen LogP contribution in [0.5, 0.6) is 0 Å². The first kappa shape index (κ1) is 15.1. The van der Waals surface area contributed by atoms with Crippen LogP contribution in [0.4, 0.5) is 0 Å². The van der Waals surface area contributed by atoms with Gasteiger partial charge in [0.15, 0.2) is 0 Å². The van der Waals surface area contributed by atoms with Crippen molar-refractivity contribution >= 4 is 13.3 Å². The summed E-state index contributed by atoms with van der Waals surface area (Å²) in [5.41, 5.74) is 0. The molecule has 15 heavy (non-hydrogen) atoms. The Bertz CT molecular complexity index is 198. The molecule has 0 aliphatic heterocycles. The molecule has 0 radical (unpaired) electrons. The summed E-state index contributed by atoms with van der Waals surface area (Å²) in [5.74, 6) is 3.44. The first-order valence-electron chi connectivity index (χ1n) is 6.40. The summed E-state index contributed by atoms with van der Waals surface area (Å²) in [6.07, 6.45) is 0. The summed E-state index contributed by atoms with van der Waals surface area (Å²) in [5, 5.41) is 4.08. The summed E-state index contributed by atoms with van der Waals surface area (Å²) in [7, 11) is 0. The van der Waals surface area contributed by atoms with Crippen molar-refractivity contribution in [2.45, 2.75) is 50.4 Å². The Hall–Kier alpha value is 0.0629. The second-order valence-corrected chi connectivity index (χ2v) is 14.5. The summed E-state index contributed by atoms with van der Waals surface area (Å²) >= 11 is -1.71. The molecule has 0 bridgehead atoms. The fourth-order valence-corrected chi connectivity index (χ4v) is 7.01. The number of hydrogen-bond acceptors (Lipinski definition) is 1. The Kier molecular flexibility index (Phi) is 8.28. The molecular weight excluding hydrogens is 243 g/mol. The van der Waals surface area contributed by atoms with Gasteiger partial charge in [-0.25, -0.2) is 0 Å². The molecule has 0 amide bonds. The Morgan fingerprint density at radius 3 is 1.67 bits per heavy atom. The van der Waals surface area contributed by atoms with E-state index in [9.17, 15) is 0 Å². The first-order valence-corrected chi connectivity index (χ1v) is 11.9. The number of hydrogen-bond donors (Lipinski definition) is 0. The van der Waals surface area contributed by atoms with Crippen molar-refractivity contribution in [2.24, 2.45) is 0 Å². The van der Waals surface area contributed by atoms with E-state index in [1.54, 1.807) is 0 Å². The van der Waals surface area contributed by atoms with Gasteiger partial charge in [0.2, 0.25) is 0 Å². The van der Waals surface area contributed by atoms with Crippen molar-refractivity contribution in [1.82, 2.24) is 4.90 Å². The normalized spacial score (nSPS) is 11.3. The van der Waals surface area contributed by atoms with E-state index in [1.165, 1.54) is 15.8 Å². The van der Waals surface area contributed by atoms with E-state index in [-0.39, 0.29) is 0 Å². The fraction of sp³-hybridized carbons (Fsp3) is 0.846. The van der Waals surface area contributed by atoms with Crippen LogP contribution in [0.25, 0.3) is 0 Å². The molecule has 0 aliphatic rings. The van der Waals surface area contributed by atoms with Gasteiger partial charge in [-0.05, 0) is 0 Å². The van der Waals surface area contributed by atoms with Gasteiger partial charge >= 0.3 is 98.9 Å². The van der Waals surface area contributed by atoms with Crippen molar-refractivity contribution in [3.63, 3.8) is 0 Å². The third kappa shape index (κ3) is 5.08. The molecule has 0 saturated heterocycles. The van der Waals surface area contributed by atoms with Crippen LogP contribution in [0.15, 0.2) is 0 Å². The molecule has 0 unspecified atom stereocenters. The van der Waals surface area contributed by atoms with Gasteiger partial charge in [-0.1, -0.05) is 0 Å². The molecule has 0 N–H and O–H groups in total. The Morgan fingerprint density at radius 2 is 1.33 bits per heavy atom. The molecule has 0 rings (SSSR count). The van der Waals surface area contributed by atoms with Crippen LogP contribution in [0.1, 0.15) is 34.6 Å². The van der Waals surface area contributed by atoms with E-state index in [4.69, 9.17) is 0 Å². The summed E-state index contributed by atoms with van der Waals surface area (Å²) < 4.78 is 3.68. The SMILES string of the molecule is CCN(CC)CC#[C][Ge]([CH2]C)([CH2]C)[CH2]C. The van der Waals surface area contributed by atoms with Crippen LogP contribution >= 0.6 is 0 Å². The second kappa shape index (κ2) is 8.24. The van der Waals surface area contributed by atoms with Gasteiger partial charge in [0, 0.05) is 0 Å². The van der Waals surface area contributed by atoms with Crippen LogP contribution in [0.2, 0.25) is 15.8 Å². The molecular formula is C13H27GeN. The number of rotatable bonds is 6. The average molecular weight is 270 g/mol. The van der Waals surface area contributed by atoms with Crippen LogP contribution in [-0.2, 0) is 0 Å². The molecule has 0 aromatic heterocycles. The summed E-state index contributed by atoms with van der Waals surface area (Å²) in [4.78, 5) is 2.39. The molecule has 0 aromatic carbocycles. The predicted molar refractivity (Wildman–Crippen MR) is 72.8 cm³/mol. The van der Waals surface area contributed by atoms with Gasteiger partial charge in [0.1, 0.15) is 0 Å². The van der Waals surface area contributed by atoms with E-state index < -0.39 is 13.3 Å². The molecule has 0 saturated carbocycles. The Balaban J connectivity index is 4.33. The average Bonchev–Trinajstić information content (AvgIpc) is 2.31. The summed E-state index contributed by atoms with van der Waals surface area (Å²) in [6, 6.07) is 0. The third-order valence-corrected chi connectivity index (χ3v) is 13.6. The van der Waals surface area contributed by atoms with Crippen LogP contribution in [0, 0.1) is 10.7 Å². The van der Waals surface area contributed by atoms with Crippen LogP contribution in [-0.4, -0.2) is 37.8 Å². The van der Waals surface area contributed by atoms with Crippen molar-refractivity contribution in [3.05, 3.63) is 0 Å². The molecule has 2 heteroatoms. The molecule has 0 fully saturated rings. The van der Waals surface area contributed by atoms with E-state index in [0.717, 1.165) is 19.6 Å². The van der Waals surface area contributed by atoms with Crippen molar-refractivity contribution in [3.8, 4) is 10.7 Å². The molecule has 0 atom stereocenters. The number of nitrogens with zero attached hydrogens (tertiary/aromatic N) is 1. The molecule has 1 nitrogen and oxygen atoms in total. The van der Waals surface area contributed by atoms with Gasteiger partial charge in [-0.15, -0.1) is 0 Å². The predicted octanol–water partition coefficient (Wildman–Crippen LogP) is 3.38. The monoisotopic (exact) mass is 271 g/mol. The molecule has 0 aromatic rings. The van der Waals surface area contributed by atoms with Crippen molar-refractivity contribution < 1.29 is 0 Å². The second-order valence-electron chi connectivity index (χ2n) is 4.10. The fourth-order valence-electron chi connectivity index (χ4n) is 1.80. The quantitative estimate of drug-likeness (QED) is 0.528. The molecule has 0 spiro atoms. The molecule has 0 heterocycles. The maximum absolute atomic E-state index is 3.68. The minimum absolute atomic E-state index is 0.972. The van der Waals surface area contributed by atoms with Gasteiger partial charge in [-0.2, -0.15) is 0 Å². The Labute approximate surface area is 99.0 Å². The van der Waals surface area contributed by atoms with Gasteiger partial charge in [0.25, 0.3) is 0 Å². The zero-order valence-electron chi connectivity index (χ0n) is 11.2. The van der Waals surface area contributed by atoms with Crippen molar-refractivity contribution in [1.29, 1.82) is 0 Å². The van der Waals surface area contributed by atoms with E-state index >= 15 is 0 Å². The van der Waals surface area contributed by atoms with Gasteiger partial charge in [0.05, 0.1) is 0 Å². The van der Waals surface area contributed by atoms with Crippen molar-refractivity contribution in [2.75, 3.05) is 19.6 Å². The zero-order valence-corrected chi connectivity index (χ0v) is 13.3. The van der Waals surface area contributed by atoms with Crippen LogP contribution in [0.3, 0.4) is 0 Å². The third-order valence-electron chi connectivity index (χ3n) is 3.58. The van der Waals surface area contributed by atoms with Gasteiger partial charge in [-0.3, -0.25) is 0 Å². The van der Waals surface area contributed by atoms with E-state index in [2.05, 4.69) is 50.2 Å². The van der Waals surface area contributed by atoms with E-state index in [1.807, 2.05) is 0 Å². The van der Waals surface area contributed by atoms with Crippen LogP contribution < -0.4 is 0 Å². The summed E-state index contributed by atoms with van der Waals surface area (Å²) in [6.45, 7) is 14.6. The standard InChI is InChI=1S/C13H27GeN/c1-6-14(7-2,8-3)12-11-13-15(9-4)10-5/h6-10,13H2,1-5H3. The van der Waals surface area contributed by atoms with E-state index in [0.29, 0.717) is 0 Å². The maximum atomic E-state index is 3.68.